The second-order valence-corrected chi connectivity index (χ2v) is 8.86. The summed E-state index contributed by atoms with van der Waals surface area (Å²) in [4.78, 5) is 35.5. The number of fused-ring (bicyclic) bond motifs is 3. The van der Waals surface area contributed by atoms with Crippen LogP contribution < -0.4 is 10.6 Å². The van der Waals surface area contributed by atoms with E-state index >= 15 is 0 Å². The fourth-order valence-electron chi connectivity index (χ4n) is 4.29. The third kappa shape index (κ3) is 4.73. The zero-order chi connectivity index (χ0) is 24.5. The Morgan fingerprint density at radius 2 is 1.62 bits per heavy atom. The highest BCUT2D eigenvalue weighted by atomic mass is 19.3. The highest BCUT2D eigenvalue weighted by Gasteiger charge is 2.54. The standard InChI is InChI=1S/C25H26F2N2O5/c1-14(22(30)31)12-28-23(32)25(26,27)21(15-10-11-15)29-24(33)34-13-20-18-8-4-2-6-16(18)17-7-3-5-9-19(17)20/h2-9,14-15,20-21H,10-13H2,1H3,(H,28,32)(H,29,33)(H,30,31). The Morgan fingerprint density at radius 3 is 2.15 bits per heavy atom. The molecule has 180 valence electrons. The van der Waals surface area contributed by atoms with E-state index in [2.05, 4.69) is 5.32 Å². The van der Waals surface area contributed by atoms with E-state index in [1.54, 1.807) is 0 Å². The number of amides is 2. The first kappa shape index (κ1) is 23.7. The molecule has 9 heteroatoms. The molecule has 2 atom stereocenters. The van der Waals surface area contributed by atoms with Gasteiger partial charge < -0.3 is 20.5 Å². The van der Waals surface area contributed by atoms with Gasteiger partial charge in [0, 0.05) is 12.5 Å². The van der Waals surface area contributed by atoms with Crippen molar-refractivity contribution in [3.05, 3.63) is 59.7 Å². The number of alkyl halides is 2. The van der Waals surface area contributed by atoms with Gasteiger partial charge in [-0.2, -0.15) is 8.78 Å². The van der Waals surface area contributed by atoms with Gasteiger partial charge in [-0.15, -0.1) is 0 Å². The molecule has 2 aliphatic carbocycles. The fourth-order valence-corrected chi connectivity index (χ4v) is 4.29. The van der Waals surface area contributed by atoms with Crippen molar-refractivity contribution < 1.29 is 33.0 Å². The Morgan fingerprint density at radius 1 is 1.06 bits per heavy atom. The number of alkyl carbamates (subject to hydrolysis) is 1. The average Bonchev–Trinajstić information content (AvgIpc) is 3.61. The van der Waals surface area contributed by atoms with Gasteiger partial charge in [0.15, 0.2) is 0 Å². The minimum absolute atomic E-state index is 0.0366. The maximum Gasteiger partial charge on any atom is 0.407 e. The molecule has 0 spiro atoms. The van der Waals surface area contributed by atoms with Crippen molar-refractivity contribution in [3.63, 3.8) is 0 Å². The van der Waals surface area contributed by atoms with Crippen molar-refractivity contribution in [1.29, 1.82) is 0 Å². The summed E-state index contributed by atoms with van der Waals surface area (Å²) in [5.74, 6) is -8.54. The van der Waals surface area contributed by atoms with Gasteiger partial charge in [0.1, 0.15) is 12.6 Å². The normalized spacial score (nSPS) is 16.7. The van der Waals surface area contributed by atoms with Crippen LogP contribution >= 0.6 is 0 Å². The van der Waals surface area contributed by atoms with Gasteiger partial charge in [0.25, 0.3) is 5.91 Å². The van der Waals surface area contributed by atoms with Crippen molar-refractivity contribution in [2.24, 2.45) is 11.8 Å². The zero-order valence-electron chi connectivity index (χ0n) is 18.6. The van der Waals surface area contributed by atoms with Crippen LogP contribution in [0.15, 0.2) is 48.5 Å². The zero-order valence-corrected chi connectivity index (χ0v) is 18.6. The first-order valence-electron chi connectivity index (χ1n) is 11.2. The number of hydrogen-bond donors (Lipinski definition) is 3. The molecule has 0 bridgehead atoms. The lowest BCUT2D eigenvalue weighted by Gasteiger charge is -2.27. The molecule has 0 aliphatic heterocycles. The van der Waals surface area contributed by atoms with E-state index in [4.69, 9.17) is 9.84 Å². The van der Waals surface area contributed by atoms with Gasteiger partial charge in [-0.25, -0.2) is 4.79 Å². The molecule has 3 N–H and O–H groups in total. The molecule has 7 nitrogen and oxygen atoms in total. The van der Waals surface area contributed by atoms with Crippen molar-refractivity contribution in [1.82, 2.24) is 10.6 Å². The van der Waals surface area contributed by atoms with E-state index < -0.39 is 48.3 Å². The molecule has 1 fully saturated rings. The van der Waals surface area contributed by atoms with Crippen LogP contribution in [0.1, 0.15) is 36.8 Å². The molecule has 2 aromatic rings. The van der Waals surface area contributed by atoms with Gasteiger partial charge in [-0.05, 0) is 41.0 Å². The van der Waals surface area contributed by atoms with Crippen LogP contribution in [0.2, 0.25) is 0 Å². The van der Waals surface area contributed by atoms with Gasteiger partial charge in [-0.3, -0.25) is 9.59 Å². The van der Waals surface area contributed by atoms with E-state index in [-0.39, 0.29) is 12.5 Å². The lowest BCUT2D eigenvalue weighted by Crippen LogP contribution is -2.57. The Labute approximate surface area is 195 Å². The number of nitrogens with one attached hydrogen (secondary N) is 2. The molecular weight excluding hydrogens is 446 g/mol. The molecule has 1 saturated carbocycles. The molecule has 34 heavy (non-hydrogen) atoms. The summed E-state index contributed by atoms with van der Waals surface area (Å²) in [6.45, 7) is 0.825. The highest BCUT2D eigenvalue weighted by molar-refractivity contribution is 5.86. The van der Waals surface area contributed by atoms with Crippen LogP contribution in [0.25, 0.3) is 11.1 Å². The van der Waals surface area contributed by atoms with Crippen LogP contribution in [-0.4, -0.2) is 48.2 Å². The molecule has 0 radical (unpaired) electrons. The van der Waals surface area contributed by atoms with Crippen molar-refractivity contribution in [2.75, 3.05) is 13.2 Å². The largest absolute Gasteiger partial charge is 0.481 e. The van der Waals surface area contributed by atoms with Crippen LogP contribution in [0.5, 0.6) is 0 Å². The van der Waals surface area contributed by atoms with Crippen LogP contribution in [-0.2, 0) is 14.3 Å². The number of halogens is 2. The molecule has 0 aromatic heterocycles. The van der Waals surface area contributed by atoms with E-state index in [0.717, 1.165) is 22.3 Å². The molecule has 2 aliphatic rings. The maximum absolute atomic E-state index is 14.9. The van der Waals surface area contributed by atoms with Gasteiger partial charge in [0.2, 0.25) is 0 Å². The predicted octanol–water partition coefficient (Wildman–Crippen LogP) is 3.78. The quantitative estimate of drug-likeness (QED) is 0.515. The van der Waals surface area contributed by atoms with E-state index in [0.29, 0.717) is 12.8 Å². The Kier molecular flexibility index (Phi) is 6.54. The summed E-state index contributed by atoms with van der Waals surface area (Å²) >= 11 is 0. The van der Waals surface area contributed by atoms with Gasteiger partial charge in [0.05, 0.1) is 5.92 Å². The summed E-state index contributed by atoms with van der Waals surface area (Å²) in [6, 6.07) is 13.8. The van der Waals surface area contributed by atoms with Crippen molar-refractivity contribution in [2.45, 2.75) is 37.6 Å². The lowest BCUT2D eigenvalue weighted by atomic mass is 9.98. The summed E-state index contributed by atoms with van der Waals surface area (Å²) in [5, 5.41) is 13.1. The molecule has 2 amide bonds. The minimum Gasteiger partial charge on any atom is -0.481 e. The maximum atomic E-state index is 14.9. The summed E-state index contributed by atoms with van der Waals surface area (Å²) in [5.41, 5.74) is 4.07. The smallest absolute Gasteiger partial charge is 0.407 e. The Hall–Kier alpha value is -3.49. The number of rotatable bonds is 9. The SMILES string of the molecule is CC(CNC(=O)C(F)(F)C(NC(=O)OCC1c2ccccc2-c2ccccc21)C1CC1)C(=O)O. The monoisotopic (exact) mass is 472 g/mol. The van der Waals surface area contributed by atoms with Crippen molar-refractivity contribution in [3.8, 4) is 11.1 Å². The molecule has 0 saturated heterocycles. The molecule has 2 aromatic carbocycles. The van der Waals surface area contributed by atoms with Crippen LogP contribution in [0, 0.1) is 11.8 Å². The number of ether oxygens (including phenoxy) is 1. The third-order valence-electron chi connectivity index (χ3n) is 6.39. The molecular formula is C25H26F2N2O5. The second kappa shape index (κ2) is 9.40. The minimum atomic E-state index is -3.91. The average molecular weight is 472 g/mol. The summed E-state index contributed by atoms with van der Waals surface area (Å²) < 4.78 is 35.1. The number of carbonyl (C=O) groups excluding carboxylic acids is 2. The van der Waals surface area contributed by atoms with E-state index in [1.807, 2.05) is 53.8 Å². The topological polar surface area (TPSA) is 105 Å². The number of aliphatic carboxylic acids is 1. The number of carbonyl (C=O) groups is 3. The van der Waals surface area contributed by atoms with Gasteiger partial charge in [-0.1, -0.05) is 55.5 Å². The third-order valence-corrected chi connectivity index (χ3v) is 6.39. The van der Waals surface area contributed by atoms with E-state index in [1.165, 1.54) is 6.92 Å². The van der Waals surface area contributed by atoms with Crippen molar-refractivity contribution >= 4 is 18.0 Å². The number of carboxylic acids is 1. The summed E-state index contributed by atoms with van der Waals surface area (Å²) in [6.07, 6.45) is -0.129. The predicted molar refractivity (Wildman–Crippen MR) is 119 cm³/mol. The first-order valence-corrected chi connectivity index (χ1v) is 11.2. The summed E-state index contributed by atoms with van der Waals surface area (Å²) in [7, 11) is 0. The highest BCUT2D eigenvalue weighted by Crippen LogP contribution is 2.44. The Balaban J connectivity index is 1.40. The fraction of sp³-hybridized carbons (Fsp3) is 0.400. The van der Waals surface area contributed by atoms with Crippen LogP contribution in [0.3, 0.4) is 0 Å². The molecule has 4 rings (SSSR count). The second-order valence-electron chi connectivity index (χ2n) is 8.86. The molecule has 0 heterocycles. The Bertz CT molecular complexity index is 1060. The first-order chi connectivity index (χ1) is 16.2. The number of benzene rings is 2. The van der Waals surface area contributed by atoms with Gasteiger partial charge >= 0.3 is 18.0 Å². The van der Waals surface area contributed by atoms with Crippen LogP contribution in [0.4, 0.5) is 13.6 Å². The number of hydrogen-bond acceptors (Lipinski definition) is 4. The number of carboxylic acid groups (broad SMARTS) is 1. The molecule has 2 unspecified atom stereocenters. The van der Waals surface area contributed by atoms with E-state index in [9.17, 15) is 23.2 Å². The lowest BCUT2D eigenvalue weighted by molar-refractivity contribution is -0.151.